The maximum Gasteiger partial charge on any atom is 0.150 e. The molecule has 20 heavy (non-hydrogen) atoms. The highest BCUT2D eigenvalue weighted by molar-refractivity contribution is 6.10. The smallest absolute Gasteiger partial charge is 0.150 e. The summed E-state index contributed by atoms with van der Waals surface area (Å²) in [5, 5.41) is 2.18. The fourth-order valence-electron chi connectivity index (χ4n) is 2.47. The Balaban J connectivity index is 2.84. The van der Waals surface area contributed by atoms with Crippen molar-refractivity contribution in [2.24, 2.45) is 0 Å². The van der Waals surface area contributed by atoms with Gasteiger partial charge in [0.1, 0.15) is 0 Å². The molecule has 0 bridgehead atoms. The summed E-state index contributed by atoms with van der Waals surface area (Å²) in [5.74, 6) is 0. The first kappa shape index (κ1) is 14.4. The van der Waals surface area contributed by atoms with Crippen LogP contribution < -0.4 is 9.80 Å². The molecule has 0 saturated carbocycles. The topological polar surface area (TPSA) is 23.6 Å². The Morgan fingerprint density at radius 1 is 0.950 bits per heavy atom. The van der Waals surface area contributed by atoms with Gasteiger partial charge in [0.15, 0.2) is 6.29 Å². The molecule has 0 spiro atoms. The third-order valence-corrected chi connectivity index (χ3v) is 3.93. The average Bonchev–Trinajstić information content (AvgIpc) is 2.51. The number of carbonyl (C=O) groups is 1. The monoisotopic (exact) mass is 270 g/mol. The molecule has 0 aliphatic carbocycles. The van der Waals surface area contributed by atoms with Gasteiger partial charge in [-0.15, -0.1) is 0 Å². The second-order valence-electron chi connectivity index (χ2n) is 5.02. The molecule has 0 aromatic heterocycles. The van der Waals surface area contributed by atoms with Gasteiger partial charge in [-0.05, 0) is 37.4 Å². The SMILES string of the molecule is CCN(C)c1cccc2c(C=O)ccc(N(C)CC)c12. The van der Waals surface area contributed by atoms with E-state index in [-0.39, 0.29) is 0 Å². The van der Waals surface area contributed by atoms with Crippen molar-refractivity contribution in [2.75, 3.05) is 37.0 Å². The van der Waals surface area contributed by atoms with Crippen molar-refractivity contribution in [3.63, 3.8) is 0 Å². The number of fused-ring (bicyclic) bond motifs is 1. The van der Waals surface area contributed by atoms with Gasteiger partial charge in [0, 0.05) is 49.5 Å². The Bertz CT molecular complexity index is 605. The van der Waals surface area contributed by atoms with Crippen LogP contribution in [0, 0.1) is 0 Å². The Morgan fingerprint density at radius 3 is 2.10 bits per heavy atom. The molecular formula is C17H22N2O. The lowest BCUT2D eigenvalue weighted by molar-refractivity contribution is 0.112. The number of rotatable bonds is 5. The second-order valence-corrected chi connectivity index (χ2v) is 5.02. The Kier molecular flexibility index (Phi) is 4.28. The summed E-state index contributed by atoms with van der Waals surface area (Å²) in [6, 6.07) is 10.1. The first-order chi connectivity index (χ1) is 9.63. The van der Waals surface area contributed by atoms with Crippen molar-refractivity contribution in [2.45, 2.75) is 13.8 Å². The lowest BCUT2D eigenvalue weighted by Crippen LogP contribution is -2.19. The van der Waals surface area contributed by atoms with E-state index >= 15 is 0 Å². The molecule has 3 nitrogen and oxygen atoms in total. The molecule has 0 saturated heterocycles. The third-order valence-electron chi connectivity index (χ3n) is 3.93. The lowest BCUT2D eigenvalue weighted by Gasteiger charge is -2.25. The van der Waals surface area contributed by atoms with E-state index in [9.17, 15) is 4.79 Å². The van der Waals surface area contributed by atoms with Crippen LogP contribution in [0.3, 0.4) is 0 Å². The Hall–Kier alpha value is -2.03. The molecule has 2 rings (SSSR count). The van der Waals surface area contributed by atoms with E-state index in [1.807, 2.05) is 24.3 Å². The number of hydrogen-bond donors (Lipinski definition) is 0. The fraction of sp³-hybridized carbons (Fsp3) is 0.353. The van der Waals surface area contributed by atoms with Crippen molar-refractivity contribution in [1.29, 1.82) is 0 Å². The second kappa shape index (κ2) is 5.95. The summed E-state index contributed by atoms with van der Waals surface area (Å²) in [5.41, 5.74) is 3.09. The molecule has 2 aromatic rings. The molecule has 0 amide bonds. The molecule has 3 heteroatoms. The molecule has 0 heterocycles. The van der Waals surface area contributed by atoms with E-state index < -0.39 is 0 Å². The molecule has 0 aliphatic rings. The van der Waals surface area contributed by atoms with Crippen LogP contribution in [0.25, 0.3) is 10.8 Å². The average molecular weight is 270 g/mol. The highest BCUT2D eigenvalue weighted by Crippen LogP contribution is 2.35. The van der Waals surface area contributed by atoms with E-state index in [1.165, 1.54) is 11.4 Å². The molecule has 0 fully saturated rings. The third kappa shape index (κ3) is 2.36. The predicted octanol–water partition coefficient (Wildman–Crippen LogP) is 3.56. The van der Waals surface area contributed by atoms with E-state index in [0.29, 0.717) is 0 Å². The predicted molar refractivity (Wildman–Crippen MR) is 87.2 cm³/mol. The van der Waals surface area contributed by atoms with E-state index in [2.05, 4.69) is 43.8 Å². The summed E-state index contributed by atoms with van der Waals surface area (Å²) in [6.45, 7) is 6.12. The quantitative estimate of drug-likeness (QED) is 0.776. The van der Waals surface area contributed by atoms with Crippen LogP contribution in [0.5, 0.6) is 0 Å². The van der Waals surface area contributed by atoms with E-state index in [0.717, 1.165) is 35.7 Å². The van der Waals surface area contributed by atoms with E-state index in [4.69, 9.17) is 0 Å². The van der Waals surface area contributed by atoms with Gasteiger partial charge in [-0.1, -0.05) is 12.1 Å². The molecule has 106 valence electrons. The first-order valence-corrected chi connectivity index (χ1v) is 7.07. The summed E-state index contributed by atoms with van der Waals surface area (Å²) < 4.78 is 0. The van der Waals surface area contributed by atoms with Crippen LogP contribution in [0.4, 0.5) is 11.4 Å². The van der Waals surface area contributed by atoms with Crippen LogP contribution in [0.15, 0.2) is 30.3 Å². The minimum atomic E-state index is 0.750. The lowest BCUT2D eigenvalue weighted by atomic mass is 10.0. The standard InChI is InChI=1S/C17H22N2O/c1-5-18(3)15-9-7-8-14-13(12-20)10-11-16(17(14)15)19(4)6-2/h7-12H,5-6H2,1-4H3. The van der Waals surface area contributed by atoms with Gasteiger partial charge in [0.2, 0.25) is 0 Å². The molecule has 2 aromatic carbocycles. The van der Waals surface area contributed by atoms with Crippen molar-refractivity contribution >= 4 is 28.4 Å². The highest BCUT2D eigenvalue weighted by Gasteiger charge is 2.13. The van der Waals surface area contributed by atoms with Crippen LogP contribution in [-0.2, 0) is 0 Å². The van der Waals surface area contributed by atoms with Gasteiger partial charge < -0.3 is 9.80 Å². The van der Waals surface area contributed by atoms with Gasteiger partial charge in [0.25, 0.3) is 0 Å². The number of anilines is 2. The van der Waals surface area contributed by atoms with Crippen LogP contribution in [0.2, 0.25) is 0 Å². The van der Waals surface area contributed by atoms with Gasteiger partial charge in [-0.2, -0.15) is 0 Å². The van der Waals surface area contributed by atoms with Crippen LogP contribution >= 0.6 is 0 Å². The zero-order valence-corrected chi connectivity index (χ0v) is 12.7. The summed E-state index contributed by atoms with van der Waals surface area (Å²) in [6.07, 6.45) is 0.938. The highest BCUT2D eigenvalue weighted by atomic mass is 16.1. The van der Waals surface area contributed by atoms with Crippen molar-refractivity contribution in [3.05, 3.63) is 35.9 Å². The molecular weight excluding hydrogens is 248 g/mol. The van der Waals surface area contributed by atoms with Crippen molar-refractivity contribution < 1.29 is 4.79 Å². The number of nitrogens with zero attached hydrogens (tertiary/aromatic N) is 2. The summed E-state index contributed by atoms with van der Waals surface area (Å²) in [4.78, 5) is 15.7. The van der Waals surface area contributed by atoms with Gasteiger partial charge in [0.05, 0.1) is 0 Å². The summed E-state index contributed by atoms with van der Waals surface area (Å²) >= 11 is 0. The Labute approximate surface area is 120 Å². The fourth-order valence-corrected chi connectivity index (χ4v) is 2.47. The maximum absolute atomic E-state index is 11.3. The van der Waals surface area contributed by atoms with Crippen LogP contribution in [-0.4, -0.2) is 33.5 Å². The van der Waals surface area contributed by atoms with Crippen molar-refractivity contribution in [1.82, 2.24) is 0 Å². The minimum absolute atomic E-state index is 0.750. The minimum Gasteiger partial charge on any atom is -0.374 e. The maximum atomic E-state index is 11.3. The largest absolute Gasteiger partial charge is 0.374 e. The van der Waals surface area contributed by atoms with Gasteiger partial charge in [-0.25, -0.2) is 0 Å². The number of hydrogen-bond acceptors (Lipinski definition) is 3. The zero-order chi connectivity index (χ0) is 14.7. The number of aldehydes is 1. The Morgan fingerprint density at radius 2 is 1.55 bits per heavy atom. The first-order valence-electron chi connectivity index (χ1n) is 7.07. The molecule has 0 radical (unpaired) electrons. The van der Waals surface area contributed by atoms with Gasteiger partial charge >= 0.3 is 0 Å². The van der Waals surface area contributed by atoms with E-state index in [1.54, 1.807) is 0 Å². The number of benzene rings is 2. The molecule has 0 N–H and O–H groups in total. The normalized spacial score (nSPS) is 10.6. The zero-order valence-electron chi connectivity index (χ0n) is 12.7. The summed E-state index contributed by atoms with van der Waals surface area (Å²) in [7, 11) is 4.16. The molecule has 0 atom stereocenters. The van der Waals surface area contributed by atoms with Gasteiger partial charge in [-0.3, -0.25) is 4.79 Å². The number of carbonyl (C=O) groups excluding carboxylic acids is 1. The van der Waals surface area contributed by atoms with Crippen molar-refractivity contribution in [3.8, 4) is 0 Å². The van der Waals surface area contributed by atoms with Crippen LogP contribution in [0.1, 0.15) is 24.2 Å². The molecule has 0 aliphatic heterocycles. The molecule has 0 unspecified atom stereocenters.